The summed E-state index contributed by atoms with van der Waals surface area (Å²) in [6, 6.07) is 0.310. The van der Waals surface area contributed by atoms with Gasteiger partial charge in [0, 0.05) is 19.6 Å². The number of carboxylic acid groups (broad SMARTS) is 1. The van der Waals surface area contributed by atoms with Gasteiger partial charge in [-0.1, -0.05) is 0 Å². The van der Waals surface area contributed by atoms with Gasteiger partial charge in [0.25, 0.3) is 0 Å². The Balaban J connectivity index is 2.35. The van der Waals surface area contributed by atoms with Crippen LogP contribution in [0.1, 0.15) is 18.0 Å². The molecular weight excluding hydrogens is 273 g/mol. The van der Waals surface area contributed by atoms with E-state index in [1.807, 2.05) is 0 Å². The quantitative estimate of drug-likeness (QED) is 0.828. The number of halogens is 3. The van der Waals surface area contributed by atoms with Crippen LogP contribution in [0.4, 0.5) is 13.2 Å². The van der Waals surface area contributed by atoms with Crippen LogP contribution in [0.15, 0.2) is 12.1 Å². The van der Waals surface area contributed by atoms with Crippen LogP contribution in [-0.4, -0.2) is 42.2 Å². The summed E-state index contributed by atoms with van der Waals surface area (Å²) in [6.45, 7) is 2.28. The molecular formula is C13H15F3N2O2. The molecule has 0 aliphatic carbocycles. The average Bonchev–Trinajstić information content (AvgIpc) is 2.64. The van der Waals surface area contributed by atoms with Crippen LogP contribution in [0.2, 0.25) is 0 Å². The van der Waals surface area contributed by atoms with Gasteiger partial charge in [-0.25, -0.2) is 13.2 Å². The van der Waals surface area contributed by atoms with Gasteiger partial charge in [-0.3, -0.25) is 9.69 Å². The number of hydrogen-bond donors (Lipinski definition) is 2. The first-order valence-electron chi connectivity index (χ1n) is 6.32. The minimum atomic E-state index is -1.59. The van der Waals surface area contributed by atoms with Gasteiger partial charge in [0.15, 0.2) is 17.5 Å². The maximum absolute atomic E-state index is 13.3. The lowest BCUT2D eigenvalue weighted by Crippen LogP contribution is -2.36. The number of nitrogens with one attached hydrogen (secondary N) is 1. The van der Waals surface area contributed by atoms with Crippen molar-refractivity contribution in [1.82, 2.24) is 10.2 Å². The molecule has 110 valence electrons. The van der Waals surface area contributed by atoms with E-state index in [0.717, 1.165) is 25.1 Å². The topological polar surface area (TPSA) is 52.6 Å². The third kappa shape index (κ3) is 3.10. The Morgan fingerprint density at radius 1 is 1.20 bits per heavy atom. The molecule has 0 amide bonds. The van der Waals surface area contributed by atoms with Crippen LogP contribution >= 0.6 is 0 Å². The van der Waals surface area contributed by atoms with Crippen LogP contribution in [0.3, 0.4) is 0 Å². The normalized spacial score (nSPS) is 18.6. The van der Waals surface area contributed by atoms with Gasteiger partial charge < -0.3 is 10.4 Å². The lowest BCUT2D eigenvalue weighted by molar-refractivity contribution is -0.143. The summed E-state index contributed by atoms with van der Waals surface area (Å²) in [7, 11) is 0. The molecule has 1 fully saturated rings. The van der Waals surface area contributed by atoms with E-state index in [2.05, 4.69) is 5.32 Å². The molecule has 0 aromatic heterocycles. The molecule has 1 aliphatic rings. The number of rotatable bonds is 3. The maximum Gasteiger partial charge on any atom is 0.325 e. The molecule has 0 radical (unpaired) electrons. The first-order chi connectivity index (χ1) is 9.50. The molecule has 4 nitrogen and oxygen atoms in total. The Hall–Kier alpha value is -1.60. The summed E-state index contributed by atoms with van der Waals surface area (Å²) in [6.07, 6.45) is 0.732. The lowest BCUT2D eigenvalue weighted by Gasteiger charge is -2.27. The molecule has 1 saturated heterocycles. The zero-order valence-electron chi connectivity index (χ0n) is 10.7. The first kappa shape index (κ1) is 14.8. The van der Waals surface area contributed by atoms with Crippen molar-refractivity contribution in [1.29, 1.82) is 0 Å². The van der Waals surface area contributed by atoms with Crippen molar-refractivity contribution < 1.29 is 23.1 Å². The molecule has 1 unspecified atom stereocenters. The second-order valence-electron chi connectivity index (χ2n) is 4.68. The lowest BCUT2D eigenvalue weighted by atomic mass is 10.0. The fraction of sp³-hybridized carbons (Fsp3) is 0.462. The van der Waals surface area contributed by atoms with E-state index in [0.29, 0.717) is 19.6 Å². The molecule has 1 aromatic carbocycles. The maximum atomic E-state index is 13.3. The number of carbonyl (C=O) groups is 1. The summed E-state index contributed by atoms with van der Waals surface area (Å²) in [4.78, 5) is 13.0. The van der Waals surface area contributed by atoms with E-state index < -0.39 is 29.5 Å². The number of hydrogen-bond acceptors (Lipinski definition) is 3. The number of nitrogens with zero attached hydrogens (tertiary/aromatic N) is 1. The fourth-order valence-corrected chi connectivity index (χ4v) is 2.37. The molecule has 1 aliphatic heterocycles. The van der Waals surface area contributed by atoms with Crippen molar-refractivity contribution in [3.8, 4) is 0 Å². The van der Waals surface area contributed by atoms with Gasteiger partial charge >= 0.3 is 5.97 Å². The molecule has 0 saturated carbocycles. The van der Waals surface area contributed by atoms with E-state index in [4.69, 9.17) is 0 Å². The minimum absolute atomic E-state index is 0.0872. The summed E-state index contributed by atoms with van der Waals surface area (Å²) >= 11 is 0. The van der Waals surface area contributed by atoms with Crippen LogP contribution < -0.4 is 5.32 Å². The molecule has 1 aromatic rings. The summed E-state index contributed by atoms with van der Waals surface area (Å²) in [5.41, 5.74) is -0.0872. The Morgan fingerprint density at radius 2 is 1.85 bits per heavy atom. The highest BCUT2D eigenvalue weighted by Crippen LogP contribution is 2.25. The molecule has 0 bridgehead atoms. The molecule has 1 heterocycles. The van der Waals surface area contributed by atoms with Crippen molar-refractivity contribution in [3.05, 3.63) is 35.1 Å². The van der Waals surface area contributed by atoms with Crippen LogP contribution in [-0.2, 0) is 4.79 Å². The Kier molecular flexibility index (Phi) is 4.61. The van der Waals surface area contributed by atoms with E-state index in [9.17, 15) is 23.1 Å². The minimum Gasteiger partial charge on any atom is -0.480 e. The van der Waals surface area contributed by atoms with Crippen LogP contribution in [0.25, 0.3) is 0 Å². The van der Waals surface area contributed by atoms with Crippen LogP contribution in [0, 0.1) is 17.5 Å². The van der Waals surface area contributed by atoms with Crippen molar-refractivity contribution in [2.24, 2.45) is 0 Å². The molecule has 7 heteroatoms. The smallest absolute Gasteiger partial charge is 0.325 e. The fourth-order valence-electron chi connectivity index (χ4n) is 2.37. The zero-order valence-corrected chi connectivity index (χ0v) is 10.7. The molecule has 2 N–H and O–H groups in total. The molecule has 0 spiro atoms. The Morgan fingerprint density at radius 3 is 2.45 bits per heavy atom. The van der Waals surface area contributed by atoms with E-state index >= 15 is 0 Å². The third-order valence-electron chi connectivity index (χ3n) is 3.30. The van der Waals surface area contributed by atoms with E-state index in [1.165, 1.54) is 0 Å². The molecule has 20 heavy (non-hydrogen) atoms. The Bertz CT molecular complexity index is 479. The zero-order chi connectivity index (χ0) is 14.7. The van der Waals surface area contributed by atoms with Gasteiger partial charge in [-0.05, 0) is 30.7 Å². The Labute approximate surface area is 114 Å². The standard InChI is InChI=1S/C13H15F3N2O2/c14-9-6-8(7-10(15)11(9)16)12(13(19)20)18-4-1-2-17-3-5-18/h6-7,12,17H,1-5H2,(H,19,20). The highest BCUT2D eigenvalue weighted by atomic mass is 19.2. The van der Waals surface area contributed by atoms with Gasteiger partial charge in [0.1, 0.15) is 6.04 Å². The van der Waals surface area contributed by atoms with Crippen LogP contribution in [0.5, 0.6) is 0 Å². The summed E-state index contributed by atoms with van der Waals surface area (Å²) < 4.78 is 39.5. The van der Waals surface area contributed by atoms with Crippen molar-refractivity contribution in [2.75, 3.05) is 26.2 Å². The largest absolute Gasteiger partial charge is 0.480 e. The predicted octanol–water partition coefficient (Wildman–Crippen LogP) is 1.52. The average molecular weight is 288 g/mol. The number of benzene rings is 1. The summed E-state index contributed by atoms with van der Waals surface area (Å²) in [5, 5.41) is 12.4. The van der Waals surface area contributed by atoms with Gasteiger partial charge in [-0.2, -0.15) is 0 Å². The van der Waals surface area contributed by atoms with Crippen molar-refractivity contribution in [3.63, 3.8) is 0 Å². The predicted molar refractivity (Wildman–Crippen MR) is 65.8 cm³/mol. The van der Waals surface area contributed by atoms with Gasteiger partial charge in [0.05, 0.1) is 0 Å². The second-order valence-corrected chi connectivity index (χ2v) is 4.68. The number of aliphatic carboxylic acids is 1. The number of carboxylic acids is 1. The highest BCUT2D eigenvalue weighted by molar-refractivity contribution is 5.75. The van der Waals surface area contributed by atoms with Gasteiger partial charge in [-0.15, -0.1) is 0 Å². The van der Waals surface area contributed by atoms with Crippen molar-refractivity contribution >= 4 is 5.97 Å². The summed E-state index contributed by atoms with van der Waals surface area (Å²) in [5.74, 6) is -5.55. The van der Waals surface area contributed by atoms with Crippen molar-refractivity contribution in [2.45, 2.75) is 12.5 Å². The monoisotopic (exact) mass is 288 g/mol. The first-order valence-corrected chi connectivity index (χ1v) is 6.32. The van der Waals surface area contributed by atoms with E-state index in [1.54, 1.807) is 4.90 Å². The van der Waals surface area contributed by atoms with E-state index in [-0.39, 0.29) is 5.56 Å². The third-order valence-corrected chi connectivity index (χ3v) is 3.30. The SMILES string of the molecule is O=C(O)C(c1cc(F)c(F)c(F)c1)N1CCCNCC1. The highest BCUT2D eigenvalue weighted by Gasteiger charge is 2.29. The second kappa shape index (κ2) is 6.23. The van der Waals surface area contributed by atoms with Gasteiger partial charge in [0.2, 0.25) is 0 Å². The molecule has 1 atom stereocenters. The molecule has 2 rings (SSSR count).